The van der Waals surface area contributed by atoms with Crippen molar-refractivity contribution < 1.29 is 4.79 Å². The van der Waals surface area contributed by atoms with Crippen molar-refractivity contribution in [3.63, 3.8) is 0 Å². The van der Waals surface area contributed by atoms with Crippen LogP contribution in [0.1, 0.15) is 20.8 Å². The molecule has 1 saturated carbocycles. The van der Waals surface area contributed by atoms with Gasteiger partial charge in [0, 0.05) is 5.92 Å². The molecule has 8 heavy (non-hydrogen) atoms. The van der Waals surface area contributed by atoms with Gasteiger partial charge in [-0.2, -0.15) is 0 Å². The molecule has 1 unspecified atom stereocenters. The minimum absolute atomic E-state index is 0.366. The minimum atomic E-state index is 0.366. The zero-order chi connectivity index (χ0) is 6.31. The summed E-state index contributed by atoms with van der Waals surface area (Å²) in [5.74, 6) is 2.08. The molecule has 0 amide bonds. The Labute approximate surface area is 50.1 Å². The maximum Gasteiger partial charge on any atom is 0.133 e. The number of carbonyl (C=O) groups excluding carboxylic acids is 1. The van der Waals surface area contributed by atoms with Gasteiger partial charge in [-0.1, -0.05) is 13.8 Å². The zero-order valence-corrected chi connectivity index (χ0v) is 5.64. The van der Waals surface area contributed by atoms with Crippen molar-refractivity contribution in [2.75, 3.05) is 0 Å². The second kappa shape index (κ2) is 1.57. The fraction of sp³-hybridized carbons (Fsp3) is 0.857. The summed E-state index contributed by atoms with van der Waals surface area (Å²) in [6, 6.07) is 0. The van der Waals surface area contributed by atoms with E-state index in [0.29, 0.717) is 23.5 Å². The minimum Gasteiger partial charge on any atom is -0.300 e. The van der Waals surface area contributed by atoms with Gasteiger partial charge in [-0.25, -0.2) is 0 Å². The molecule has 0 heterocycles. The first-order chi connectivity index (χ1) is 3.64. The molecular weight excluding hydrogens is 100 g/mol. The number of ketones is 1. The summed E-state index contributed by atoms with van der Waals surface area (Å²) < 4.78 is 0. The van der Waals surface area contributed by atoms with Crippen molar-refractivity contribution in [1.82, 2.24) is 0 Å². The van der Waals surface area contributed by atoms with Crippen LogP contribution in [-0.4, -0.2) is 5.78 Å². The molecule has 46 valence electrons. The third kappa shape index (κ3) is 0.662. The van der Waals surface area contributed by atoms with Crippen LogP contribution in [0.15, 0.2) is 0 Å². The summed E-state index contributed by atoms with van der Waals surface area (Å²) in [6.07, 6.45) is 0. The summed E-state index contributed by atoms with van der Waals surface area (Å²) in [7, 11) is 0. The highest BCUT2D eigenvalue weighted by molar-refractivity contribution is 5.81. The summed E-state index contributed by atoms with van der Waals surface area (Å²) in [5.41, 5.74) is 0. The molecule has 1 heteroatoms. The highest BCUT2D eigenvalue weighted by atomic mass is 16.1. The molecule has 1 nitrogen and oxygen atoms in total. The molecule has 0 radical (unpaired) electrons. The average molecular weight is 112 g/mol. The quantitative estimate of drug-likeness (QED) is 0.502. The Morgan fingerprint density at radius 1 is 1.25 bits per heavy atom. The molecular formula is C7H12O. The lowest BCUT2D eigenvalue weighted by Crippen LogP contribution is -1.93. The van der Waals surface area contributed by atoms with E-state index in [-0.39, 0.29) is 0 Å². The van der Waals surface area contributed by atoms with Gasteiger partial charge in [-0.15, -0.1) is 0 Å². The van der Waals surface area contributed by atoms with Gasteiger partial charge in [0.15, 0.2) is 0 Å². The van der Waals surface area contributed by atoms with E-state index >= 15 is 0 Å². The molecule has 0 aromatic carbocycles. The van der Waals surface area contributed by atoms with Crippen molar-refractivity contribution in [3.05, 3.63) is 0 Å². The van der Waals surface area contributed by atoms with Crippen LogP contribution >= 0.6 is 0 Å². The Hall–Kier alpha value is -0.330. The smallest absolute Gasteiger partial charge is 0.133 e. The Balaban J connectivity index is 2.44. The number of hydrogen-bond acceptors (Lipinski definition) is 1. The number of rotatable bonds is 1. The Kier molecular flexibility index (Phi) is 1.14. The Morgan fingerprint density at radius 2 is 1.62 bits per heavy atom. The lowest BCUT2D eigenvalue weighted by molar-refractivity contribution is -0.118. The Bertz CT molecular complexity index is 110. The molecule has 0 N–H and O–H groups in total. The maximum absolute atomic E-state index is 10.6. The fourth-order valence-electron chi connectivity index (χ4n) is 1.40. The van der Waals surface area contributed by atoms with E-state index in [0.717, 1.165) is 0 Å². The Morgan fingerprint density at radius 3 is 1.62 bits per heavy atom. The first kappa shape index (κ1) is 5.80. The number of hydrogen-bond donors (Lipinski definition) is 0. The highest BCUT2D eigenvalue weighted by Gasteiger charge is 2.45. The standard InChI is InChI=1S/C7H12O/c1-4-5(2)7(4)6(3)8/h4-5,7H,1-3H3/t4-,5+,7?. The SMILES string of the molecule is CC(=O)C1[C@@H](C)[C@H]1C. The largest absolute Gasteiger partial charge is 0.300 e. The van der Waals surface area contributed by atoms with E-state index in [9.17, 15) is 4.79 Å². The van der Waals surface area contributed by atoms with Gasteiger partial charge < -0.3 is 0 Å². The summed E-state index contributed by atoms with van der Waals surface area (Å²) in [5, 5.41) is 0. The summed E-state index contributed by atoms with van der Waals surface area (Å²) >= 11 is 0. The van der Waals surface area contributed by atoms with Crippen LogP contribution in [0.25, 0.3) is 0 Å². The van der Waals surface area contributed by atoms with E-state index in [1.54, 1.807) is 6.92 Å². The lowest BCUT2D eigenvalue weighted by atomic mass is 10.2. The van der Waals surface area contributed by atoms with Crippen LogP contribution in [0.4, 0.5) is 0 Å². The first-order valence-corrected chi connectivity index (χ1v) is 3.15. The lowest BCUT2D eigenvalue weighted by Gasteiger charge is -1.82. The topological polar surface area (TPSA) is 17.1 Å². The van der Waals surface area contributed by atoms with Gasteiger partial charge in [0.25, 0.3) is 0 Å². The molecule has 1 rings (SSSR count). The molecule has 3 atom stereocenters. The van der Waals surface area contributed by atoms with Crippen molar-refractivity contribution in [2.45, 2.75) is 20.8 Å². The van der Waals surface area contributed by atoms with Crippen LogP contribution in [0, 0.1) is 17.8 Å². The normalized spacial score (nSPS) is 44.1. The average Bonchev–Trinajstić information content (AvgIpc) is 2.15. The predicted octanol–water partition coefficient (Wildman–Crippen LogP) is 1.48. The maximum atomic E-state index is 10.6. The van der Waals surface area contributed by atoms with Gasteiger partial charge in [0.05, 0.1) is 0 Å². The van der Waals surface area contributed by atoms with E-state index in [1.165, 1.54) is 0 Å². The molecule has 1 aliphatic rings. The van der Waals surface area contributed by atoms with Gasteiger partial charge in [0.1, 0.15) is 5.78 Å². The molecule has 0 aromatic heterocycles. The molecule has 0 bridgehead atoms. The molecule has 0 saturated heterocycles. The summed E-state index contributed by atoms with van der Waals surface area (Å²) in [6.45, 7) is 5.96. The zero-order valence-electron chi connectivity index (χ0n) is 5.64. The van der Waals surface area contributed by atoms with Crippen LogP contribution < -0.4 is 0 Å². The van der Waals surface area contributed by atoms with Crippen molar-refractivity contribution in [3.8, 4) is 0 Å². The highest BCUT2D eigenvalue weighted by Crippen LogP contribution is 2.45. The van der Waals surface area contributed by atoms with Gasteiger partial charge in [-0.05, 0) is 18.8 Å². The predicted molar refractivity (Wildman–Crippen MR) is 32.5 cm³/mol. The number of carbonyl (C=O) groups is 1. The van der Waals surface area contributed by atoms with E-state index in [2.05, 4.69) is 13.8 Å². The van der Waals surface area contributed by atoms with E-state index in [4.69, 9.17) is 0 Å². The van der Waals surface area contributed by atoms with Crippen LogP contribution in [0.5, 0.6) is 0 Å². The van der Waals surface area contributed by atoms with Crippen molar-refractivity contribution in [2.24, 2.45) is 17.8 Å². The van der Waals surface area contributed by atoms with Gasteiger partial charge in [0.2, 0.25) is 0 Å². The second-order valence-corrected chi connectivity index (χ2v) is 2.85. The van der Waals surface area contributed by atoms with E-state index in [1.807, 2.05) is 0 Å². The molecule has 0 aliphatic heterocycles. The van der Waals surface area contributed by atoms with Crippen LogP contribution in [0.2, 0.25) is 0 Å². The third-order valence-corrected chi connectivity index (χ3v) is 2.29. The van der Waals surface area contributed by atoms with E-state index < -0.39 is 0 Å². The van der Waals surface area contributed by atoms with Crippen LogP contribution in [0.3, 0.4) is 0 Å². The van der Waals surface area contributed by atoms with Gasteiger partial charge in [-0.3, -0.25) is 4.79 Å². The summed E-state index contributed by atoms with van der Waals surface area (Å²) in [4.78, 5) is 10.6. The first-order valence-electron chi connectivity index (χ1n) is 3.15. The third-order valence-electron chi connectivity index (χ3n) is 2.29. The molecule has 0 spiro atoms. The van der Waals surface area contributed by atoms with Gasteiger partial charge >= 0.3 is 0 Å². The number of Topliss-reactive ketones (excluding diaryl/α,β-unsaturated/α-hetero) is 1. The van der Waals surface area contributed by atoms with Crippen molar-refractivity contribution in [1.29, 1.82) is 0 Å². The second-order valence-electron chi connectivity index (χ2n) is 2.85. The fourth-order valence-corrected chi connectivity index (χ4v) is 1.40. The molecule has 1 fully saturated rings. The molecule has 0 aromatic rings. The van der Waals surface area contributed by atoms with Crippen molar-refractivity contribution >= 4 is 5.78 Å². The monoisotopic (exact) mass is 112 g/mol. The van der Waals surface area contributed by atoms with Crippen LogP contribution in [-0.2, 0) is 4.79 Å². The molecule has 1 aliphatic carbocycles.